The van der Waals surface area contributed by atoms with Gasteiger partial charge in [-0.3, -0.25) is 9.59 Å². The van der Waals surface area contributed by atoms with Crippen LogP contribution in [0.1, 0.15) is 43.2 Å². The number of alkyl halides is 2. The summed E-state index contributed by atoms with van der Waals surface area (Å²) in [4.78, 5) is 29.1. The average molecular weight is 581 g/mol. The highest BCUT2D eigenvalue weighted by Gasteiger charge is 2.37. The first-order valence-corrected chi connectivity index (χ1v) is 14.6. The van der Waals surface area contributed by atoms with Crippen LogP contribution in [0.5, 0.6) is 5.75 Å². The second-order valence-electron chi connectivity index (χ2n) is 10.0. The molecule has 39 heavy (non-hydrogen) atoms. The van der Waals surface area contributed by atoms with E-state index in [2.05, 4.69) is 15.6 Å². The number of H-pyrrole nitrogens is 1. The quantitative estimate of drug-likeness (QED) is 0.220. The maximum atomic E-state index is 13.8. The Morgan fingerprint density at radius 1 is 1.10 bits per heavy atom. The molecule has 1 fully saturated rings. The van der Waals surface area contributed by atoms with Crippen LogP contribution in [0.25, 0.3) is 10.2 Å². The van der Waals surface area contributed by atoms with E-state index in [9.17, 15) is 23.5 Å². The monoisotopic (exact) mass is 580 g/mol. The molecule has 1 aliphatic carbocycles. The van der Waals surface area contributed by atoms with E-state index in [1.54, 1.807) is 17.0 Å². The fourth-order valence-corrected chi connectivity index (χ4v) is 6.16. The largest absolute Gasteiger partial charge is 0.506 e. The first kappa shape index (κ1) is 29.5. The number of carbonyl (C=O) groups excluding carboxylic acids is 1. The summed E-state index contributed by atoms with van der Waals surface area (Å²) in [6.45, 7) is 2.82. The smallest absolute Gasteiger partial charge is 0.305 e. The number of rotatable bonds is 13. The number of nitrogens with zero attached hydrogens (tertiary/aromatic N) is 1. The van der Waals surface area contributed by atoms with Gasteiger partial charge in [0.1, 0.15) is 11.3 Å². The van der Waals surface area contributed by atoms with Crippen molar-refractivity contribution in [2.75, 3.05) is 32.7 Å². The van der Waals surface area contributed by atoms with Crippen LogP contribution in [0, 0.1) is 0 Å². The van der Waals surface area contributed by atoms with Gasteiger partial charge in [-0.05, 0) is 68.1 Å². The van der Waals surface area contributed by atoms with Crippen LogP contribution in [0.3, 0.4) is 0 Å². The van der Waals surface area contributed by atoms with Crippen molar-refractivity contribution in [1.82, 2.24) is 20.5 Å². The Kier molecular flexibility index (Phi) is 10.3. The summed E-state index contributed by atoms with van der Waals surface area (Å²) < 4.78 is 28.3. The molecule has 1 aliphatic rings. The van der Waals surface area contributed by atoms with E-state index in [0.717, 1.165) is 33.6 Å². The first-order chi connectivity index (χ1) is 18.7. The third-order valence-corrected chi connectivity index (χ3v) is 8.38. The van der Waals surface area contributed by atoms with Gasteiger partial charge in [0.25, 0.3) is 0 Å². The number of carbonyl (C=O) groups is 1. The van der Waals surface area contributed by atoms with Crippen molar-refractivity contribution >= 4 is 39.1 Å². The number of thiazole rings is 1. The van der Waals surface area contributed by atoms with Gasteiger partial charge >= 0.3 is 4.87 Å². The molecule has 0 radical (unpaired) electrons. The number of phenolic OH excluding ortho intramolecular Hbond substituents is 1. The maximum absolute atomic E-state index is 13.8. The Morgan fingerprint density at radius 3 is 2.62 bits per heavy atom. The fourth-order valence-electron chi connectivity index (χ4n) is 5.05. The standard InChI is InChI=1S/C28H35ClF2N4O3S/c29-21-3-1-2-19(18-21)8-13-32-15-10-24(37)35(22-6-11-28(30,31)12-7-22)17-16-33-14-9-20-4-5-23(36)25-26(20)39-27(38)34-25/h1-5,18,22,32-33,36H,6-17H2,(H,34,38). The fraction of sp³-hybridized carbons (Fsp3) is 0.500. The number of benzene rings is 2. The lowest BCUT2D eigenvalue weighted by Crippen LogP contribution is -2.47. The molecule has 0 aliphatic heterocycles. The van der Waals surface area contributed by atoms with Crippen LogP contribution in [-0.2, 0) is 17.6 Å². The molecule has 11 heteroatoms. The van der Waals surface area contributed by atoms with Gasteiger partial charge in [0.15, 0.2) is 0 Å². The molecule has 0 atom stereocenters. The van der Waals surface area contributed by atoms with Gasteiger partial charge < -0.3 is 25.6 Å². The van der Waals surface area contributed by atoms with E-state index in [1.807, 2.05) is 24.3 Å². The number of phenols is 1. The van der Waals surface area contributed by atoms with E-state index < -0.39 is 5.92 Å². The Hall–Kier alpha value is -2.53. The number of nitrogens with one attached hydrogen (secondary N) is 3. The highest BCUT2D eigenvalue weighted by atomic mass is 35.5. The summed E-state index contributed by atoms with van der Waals surface area (Å²) >= 11 is 7.10. The van der Waals surface area contributed by atoms with Gasteiger partial charge in [-0.1, -0.05) is 41.1 Å². The highest BCUT2D eigenvalue weighted by molar-refractivity contribution is 7.16. The lowest BCUT2D eigenvalue weighted by atomic mass is 9.91. The zero-order chi connectivity index (χ0) is 27.8. The number of hydrogen-bond donors (Lipinski definition) is 4. The summed E-state index contributed by atoms with van der Waals surface area (Å²) in [6.07, 6.45) is 1.97. The maximum Gasteiger partial charge on any atom is 0.305 e. The van der Waals surface area contributed by atoms with Gasteiger partial charge in [-0.25, -0.2) is 8.78 Å². The molecule has 0 bridgehead atoms. The third kappa shape index (κ3) is 8.48. The van der Waals surface area contributed by atoms with Gasteiger partial charge in [0.2, 0.25) is 11.8 Å². The van der Waals surface area contributed by atoms with Crippen molar-refractivity contribution in [3.63, 3.8) is 0 Å². The van der Waals surface area contributed by atoms with Gasteiger partial charge in [0.05, 0.1) is 4.70 Å². The molecule has 2 aromatic carbocycles. The molecule has 0 saturated heterocycles. The second kappa shape index (κ2) is 13.7. The van der Waals surface area contributed by atoms with Crippen molar-refractivity contribution in [2.45, 2.75) is 56.9 Å². The number of fused-ring (bicyclic) bond motifs is 1. The van der Waals surface area contributed by atoms with Crippen molar-refractivity contribution in [3.05, 3.63) is 62.2 Å². The number of amides is 1. The molecule has 4 N–H and O–H groups in total. The van der Waals surface area contributed by atoms with Crippen molar-refractivity contribution < 1.29 is 18.7 Å². The zero-order valence-electron chi connectivity index (χ0n) is 21.8. The van der Waals surface area contributed by atoms with Gasteiger partial charge in [-0.15, -0.1) is 0 Å². The highest BCUT2D eigenvalue weighted by Crippen LogP contribution is 2.35. The average Bonchev–Trinajstić information content (AvgIpc) is 3.30. The minimum Gasteiger partial charge on any atom is -0.506 e. The van der Waals surface area contributed by atoms with Crippen LogP contribution < -0.4 is 15.5 Å². The van der Waals surface area contributed by atoms with Crippen molar-refractivity contribution in [3.8, 4) is 5.75 Å². The Morgan fingerprint density at radius 2 is 1.85 bits per heavy atom. The lowest BCUT2D eigenvalue weighted by Gasteiger charge is -2.37. The second-order valence-corrected chi connectivity index (χ2v) is 11.4. The van der Waals surface area contributed by atoms with Crippen molar-refractivity contribution in [1.29, 1.82) is 0 Å². The molecular formula is C28H35ClF2N4O3S. The number of halogens is 3. The van der Waals surface area contributed by atoms with E-state index in [1.165, 1.54) is 0 Å². The van der Waals surface area contributed by atoms with Crippen LogP contribution in [0.15, 0.2) is 41.2 Å². The summed E-state index contributed by atoms with van der Waals surface area (Å²) in [6, 6.07) is 10.9. The van der Waals surface area contributed by atoms with E-state index in [-0.39, 0.29) is 35.4 Å². The summed E-state index contributed by atoms with van der Waals surface area (Å²) in [7, 11) is 0. The Labute approximate surface area is 235 Å². The molecule has 7 nitrogen and oxygen atoms in total. The van der Waals surface area contributed by atoms with E-state index in [4.69, 9.17) is 11.6 Å². The molecule has 1 heterocycles. The summed E-state index contributed by atoms with van der Waals surface area (Å²) in [5.74, 6) is -2.63. The minimum atomic E-state index is -2.65. The van der Waals surface area contributed by atoms with E-state index in [0.29, 0.717) is 68.9 Å². The number of hydrogen-bond acceptors (Lipinski definition) is 6. The Balaban J connectivity index is 1.25. The number of aromatic amines is 1. The van der Waals surface area contributed by atoms with Gasteiger partial charge in [-0.2, -0.15) is 0 Å². The lowest BCUT2D eigenvalue weighted by molar-refractivity contribution is -0.136. The van der Waals surface area contributed by atoms with Crippen LogP contribution in [-0.4, -0.2) is 65.6 Å². The summed E-state index contributed by atoms with van der Waals surface area (Å²) in [5, 5.41) is 17.3. The zero-order valence-corrected chi connectivity index (χ0v) is 23.4. The van der Waals surface area contributed by atoms with Gasteiger partial charge in [0, 0.05) is 50.0 Å². The molecule has 1 saturated carbocycles. The Bertz CT molecular complexity index is 1310. The molecular weight excluding hydrogens is 546 g/mol. The van der Waals surface area contributed by atoms with E-state index >= 15 is 0 Å². The number of aromatic nitrogens is 1. The number of aromatic hydroxyl groups is 1. The molecule has 1 aromatic heterocycles. The van der Waals surface area contributed by atoms with Crippen molar-refractivity contribution in [2.24, 2.45) is 0 Å². The van der Waals surface area contributed by atoms with Crippen LogP contribution in [0.2, 0.25) is 5.02 Å². The van der Waals surface area contributed by atoms with Crippen LogP contribution >= 0.6 is 22.9 Å². The summed E-state index contributed by atoms with van der Waals surface area (Å²) in [5.41, 5.74) is 2.52. The normalized spacial score (nSPS) is 15.6. The predicted octanol–water partition coefficient (Wildman–Crippen LogP) is 4.71. The molecule has 0 unspecified atom stereocenters. The molecule has 3 aromatic rings. The first-order valence-electron chi connectivity index (χ1n) is 13.4. The molecule has 0 spiro atoms. The topological polar surface area (TPSA) is 97.5 Å². The molecule has 4 rings (SSSR count). The third-order valence-electron chi connectivity index (χ3n) is 7.18. The SMILES string of the molecule is O=C(CCNCCc1cccc(Cl)c1)N(CCNCCc1ccc(O)c2[nH]c(=O)sc12)C1CCC(F)(F)CC1. The molecule has 212 valence electrons. The minimum absolute atomic E-state index is 0.0281. The molecule has 1 amide bonds. The predicted molar refractivity (Wildman–Crippen MR) is 152 cm³/mol. The van der Waals surface area contributed by atoms with Crippen LogP contribution in [0.4, 0.5) is 8.78 Å².